The fourth-order valence-corrected chi connectivity index (χ4v) is 2.00. The number of amides is 2. The number of nitrogens with zero attached hydrogens (tertiary/aromatic N) is 1. The molecule has 1 aliphatic rings. The Morgan fingerprint density at radius 1 is 1.05 bits per heavy atom. The number of rotatable bonds is 3. The Morgan fingerprint density at radius 3 is 2.26 bits per heavy atom. The van der Waals surface area contributed by atoms with E-state index in [4.69, 9.17) is 5.11 Å². The Kier molecular flexibility index (Phi) is 4.35. The topological polar surface area (TPSA) is 81.7 Å². The predicted octanol–water partition coefficient (Wildman–Crippen LogP) is 1.91. The number of anilines is 1. The SMILES string of the molecule is O=C(Nc1ccc(C(=O)O)cc1)NN1CCCCC1. The second-order valence-electron chi connectivity index (χ2n) is 4.50. The van der Waals surface area contributed by atoms with E-state index in [1.165, 1.54) is 18.6 Å². The molecule has 2 rings (SSSR count). The quantitative estimate of drug-likeness (QED) is 0.778. The van der Waals surface area contributed by atoms with Gasteiger partial charge in [-0.3, -0.25) is 5.43 Å². The zero-order valence-electron chi connectivity index (χ0n) is 10.6. The van der Waals surface area contributed by atoms with E-state index >= 15 is 0 Å². The standard InChI is InChI=1S/C13H17N3O3/c17-12(18)10-4-6-11(7-5-10)14-13(19)15-16-8-2-1-3-9-16/h4-7H,1-3,8-9H2,(H,17,18)(H2,14,15,19). The van der Waals surface area contributed by atoms with Crippen LogP contribution in [0.5, 0.6) is 0 Å². The summed E-state index contributed by atoms with van der Waals surface area (Å²) in [6.07, 6.45) is 3.39. The first-order valence-corrected chi connectivity index (χ1v) is 6.31. The third kappa shape index (κ3) is 3.96. The summed E-state index contributed by atoms with van der Waals surface area (Å²) < 4.78 is 0. The zero-order valence-corrected chi connectivity index (χ0v) is 10.6. The number of aromatic carboxylic acids is 1. The number of carbonyl (C=O) groups is 2. The summed E-state index contributed by atoms with van der Waals surface area (Å²) in [5, 5.41) is 13.3. The van der Waals surface area contributed by atoms with Gasteiger partial charge in [-0.25, -0.2) is 14.6 Å². The van der Waals surface area contributed by atoms with Gasteiger partial charge in [-0.1, -0.05) is 6.42 Å². The first kappa shape index (κ1) is 13.4. The van der Waals surface area contributed by atoms with Gasteiger partial charge in [-0.05, 0) is 37.1 Å². The highest BCUT2D eigenvalue weighted by molar-refractivity contribution is 5.91. The van der Waals surface area contributed by atoms with Gasteiger partial charge in [-0.2, -0.15) is 0 Å². The summed E-state index contributed by atoms with van der Waals surface area (Å²) in [5.74, 6) is -0.982. The molecule has 0 radical (unpaired) electrons. The molecule has 102 valence electrons. The maximum Gasteiger partial charge on any atom is 0.335 e. The second kappa shape index (κ2) is 6.19. The van der Waals surface area contributed by atoms with Gasteiger partial charge < -0.3 is 10.4 Å². The fraction of sp³-hybridized carbons (Fsp3) is 0.385. The van der Waals surface area contributed by atoms with E-state index in [2.05, 4.69) is 10.7 Å². The maximum absolute atomic E-state index is 11.7. The molecule has 0 atom stereocenters. The van der Waals surface area contributed by atoms with Crippen molar-refractivity contribution in [3.63, 3.8) is 0 Å². The van der Waals surface area contributed by atoms with E-state index < -0.39 is 5.97 Å². The highest BCUT2D eigenvalue weighted by Gasteiger charge is 2.12. The van der Waals surface area contributed by atoms with Crippen LogP contribution in [0.25, 0.3) is 0 Å². The lowest BCUT2D eigenvalue weighted by Gasteiger charge is -2.26. The molecule has 6 nitrogen and oxygen atoms in total. The van der Waals surface area contributed by atoms with E-state index in [0.29, 0.717) is 5.69 Å². The minimum absolute atomic E-state index is 0.196. The molecule has 1 aliphatic heterocycles. The molecule has 1 aromatic rings. The fourth-order valence-electron chi connectivity index (χ4n) is 2.00. The molecule has 0 unspecified atom stereocenters. The number of piperidine rings is 1. The molecule has 0 bridgehead atoms. The van der Waals surface area contributed by atoms with Crippen LogP contribution in [0.15, 0.2) is 24.3 Å². The minimum atomic E-state index is -0.982. The molecule has 0 aromatic heterocycles. The summed E-state index contributed by atoms with van der Waals surface area (Å²) >= 11 is 0. The van der Waals surface area contributed by atoms with E-state index in [0.717, 1.165) is 25.9 Å². The Labute approximate surface area is 111 Å². The summed E-state index contributed by atoms with van der Waals surface area (Å²) in [6, 6.07) is 5.75. The highest BCUT2D eigenvalue weighted by Crippen LogP contribution is 2.10. The molecule has 1 fully saturated rings. The van der Waals surface area contributed by atoms with Crippen LogP contribution < -0.4 is 10.7 Å². The number of carboxylic acids is 1. The van der Waals surface area contributed by atoms with E-state index in [1.54, 1.807) is 12.1 Å². The monoisotopic (exact) mass is 263 g/mol. The number of hydrogen-bond acceptors (Lipinski definition) is 3. The summed E-state index contributed by atoms with van der Waals surface area (Å²) in [5.41, 5.74) is 3.54. The van der Waals surface area contributed by atoms with E-state index in [9.17, 15) is 9.59 Å². The number of hydrogen-bond donors (Lipinski definition) is 3. The number of carbonyl (C=O) groups excluding carboxylic acids is 1. The van der Waals surface area contributed by atoms with Crippen LogP contribution in [0.3, 0.4) is 0 Å². The van der Waals surface area contributed by atoms with E-state index in [1.807, 2.05) is 5.01 Å². The normalized spacial score (nSPS) is 15.8. The second-order valence-corrected chi connectivity index (χ2v) is 4.50. The molecule has 1 saturated heterocycles. The van der Waals surface area contributed by atoms with Gasteiger partial charge in [0.1, 0.15) is 0 Å². The number of hydrazine groups is 1. The van der Waals surface area contributed by atoms with Crippen molar-refractivity contribution in [3.8, 4) is 0 Å². The molecule has 6 heteroatoms. The number of nitrogens with one attached hydrogen (secondary N) is 2. The molecule has 1 heterocycles. The zero-order chi connectivity index (χ0) is 13.7. The van der Waals surface area contributed by atoms with Crippen molar-refractivity contribution in [2.45, 2.75) is 19.3 Å². The maximum atomic E-state index is 11.7. The molecular formula is C13H17N3O3. The molecule has 2 amide bonds. The van der Waals surface area contributed by atoms with Crippen molar-refractivity contribution in [2.24, 2.45) is 0 Å². The molecule has 0 spiro atoms. The molecular weight excluding hydrogens is 246 g/mol. The summed E-state index contributed by atoms with van der Waals surface area (Å²) in [6.45, 7) is 1.73. The van der Waals surface area contributed by atoms with Crippen LogP contribution in [-0.4, -0.2) is 35.2 Å². The minimum Gasteiger partial charge on any atom is -0.478 e. The largest absolute Gasteiger partial charge is 0.478 e. The van der Waals surface area contributed by atoms with Crippen LogP contribution in [0.1, 0.15) is 29.6 Å². The van der Waals surface area contributed by atoms with Crippen molar-refractivity contribution in [2.75, 3.05) is 18.4 Å². The smallest absolute Gasteiger partial charge is 0.335 e. The molecule has 19 heavy (non-hydrogen) atoms. The van der Waals surface area contributed by atoms with Gasteiger partial charge in [0.05, 0.1) is 5.56 Å². The first-order valence-electron chi connectivity index (χ1n) is 6.31. The highest BCUT2D eigenvalue weighted by atomic mass is 16.4. The summed E-state index contributed by atoms with van der Waals surface area (Å²) in [4.78, 5) is 22.4. The number of benzene rings is 1. The lowest BCUT2D eigenvalue weighted by atomic mass is 10.2. The number of carboxylic acid groups (broad SMARTS) is 1. The van der Waals surface area contributed by atoms with Gasteiger partial charge in [-0.15, -0.1) is 0 Å². The Bertz CT molecular complexity index is 453. The summed E-state index contributed by atoms with van der Waals surface area (Å²) in [7, 11) is 0. The molecule has 3 N–H and O–H groups in total. The Morgan fingerprint density at radius 2 is 1.68 bits per heavy atom. The van der Waals surface area contributed by atoms with Crippen LogP contribution in [0, 0.1) is 0 Å². The van der Waals surface area contributed by atoms with Gasteiger partial charge >= 0.3 is 12.0 Å². The van der Waals surface area contributed by atoms with Gasteiger partial charge in [0.25, 0.3) is 0 Å². The van der Waals surface area contributed by atoms with Crippen molar-refractivity contribution < 1.29 is 14.7 Å². The molecule has 0 saturated carbocycles. The predicted molar refractivity (Wildman–Crippen MR) is 71.0 cm³/mol. The van der Waals surface area contributed by atoms with E-state index in [-0.39, 0.29) is 11.6 Å². The lowest BCUT2D eigenvalue weighted by Crippen LogP contribution is -2.46. The molecule has 1 aromatic carbocycles. The van der Waals surface area contributed by atoms with Gasteiger partial charge in [0, 0.05) is 18.8 Å². The Hall–Kier alpha value is -2.08. The third-order valence-corrected chi connectivity index (χ3v) is 3.01. The average molecular weight is 263 g/mol. The number of urea groups is 1. The average Bonchev–Trinajstić information content (AvgIpc) is 2.40. The van der Waals surface area contributed by atoms with Crippen molar-refractivity contribution >= 4 is 17.7 Å². The first-order chi connectivity index (χ1) is 9.15. The Balaban J connectivity index is 1.85. The van der Waals surface area contributed by atoms with Crippen LogP contribution in [0.2, 0.25) is 0 Å². The molecule has 0 aliphatic carbocycles. The van der Waals surface area contributed by atoms with Crippen LogP contribution in [-0.2, 0) is 0 Å². The van der Waals surface area contributed by atoms with Crippen molar-refractivity contribution in [3.05, 3.63) is 29.8 Å². The van der Waals surface area contributed by atoms with Crippen molar-refractivity contribution in [1.82, 2.24) is 10.4 Å². The van der Waals surface area contributed by atoms with Gasteiger partial charge in [0.2, 0.25) is 0 Å². The lowest BCUT2D eigenvalue weighted by molar-refractivity contribution is 0.0697. The van der Waals surface area contributed by atoms with Gasteiger partial charge in [0.15, 0.2) is 0 Å². The van der Waals surface area contributed by atoms with Crippen molar-refractivity contribution in [1.29, 1.82) is 0 Å². The van der Waals surface area contributed by atoms with Crippen LogP contribution in [0.4, 0.5) is 10.5 Å². The third-order valence-electron chi connectivity index (χ3n) is 3.01. The van der Waals surface area contributed by atoms with Crippen LogP contribution >= 0.6 is 0 Å².